The van der Waals surface area contributed by atoms with E-state index in [0.29, 0.717) is 13.2 Å². The third-order valence-corrected chi connectivity index (χ3v) is 4.81. The molecule has 2 aromatic rings. The van der Waals surface area contributed by atoms with Crippen molar-refractivity contribution in [2.75, 3.05) is 33.4 Å². The lowest BCUT2D eigenvalue weighted by molar-refractivity contribution is -0.132. The minimum atomic E-state index is -0.579. The van der Waals surface area contributed by atoms with Gasteiger partial charge in [0, 0.05) is 51.9 Å². The first-order valence-corrected chi connectivity index (χ1v) is 8.62. The van der Waals surface area contributed by atoms with Gasteiger partial charge in [-0.25, -0.2) is 4.98 Å². The van der Waals surface area contributed by atoms with Gasteiger partial charge in [-0.05, 0) is 25.0 Å². The molecule has 0 unspecified atom stereocenters. The third kappa shape index (κ3) is 4.05. The Labute approximate surface area is 148 Å². The molecule has 0 saturated carbocycles. The maximum absolute atomic E-state index is 12.9. The minimum absolute atomic E-state index is 0.0417. The van der Waals surface area contributed by atoms with Gasteiger partial charge in [0.15, 0.2) is 0 Å². The molecule has 1 fully saturated rings. The molecule has 0 aliphatic carbocycles. The molecule has 1 aliphatic rings. The molecule has 3 heterocycles. The molecule has 1 saturated heterocycles. The molecule has 1 aliphatic heterocycles. The molecule has 134 valence electrons. The van der Waals surface area contributed by atoms with Crippen LogP contribution in [0.3, 0.4) is 0 Å². The topological polar surface area (TPSA) is 72.3 Å². The van der Waals surface area contributed by atoms with Gasteiger partial charge in [-0.1, -0.05) is 6.07 Å². The van der Waals surface area contributed by atoms with Crippen LogP contribution in [0.2, 0.25) is 0 Å². The van der Waals surface area contributed by atoms with Gasteiger partial charge in [0.25, 0.3) is 0 Å². The smallest absolute Gasteiger partial charge is 0.246 e. The van der Waals surface area contributed by atoms with Gasteiger partial charge >= 0.3 is 0 Å². The summed E-state index contributed by atoms with van der Waals surface area (Å²) in [6.07, 6.45) is 8.65. The largest absolute Gasteiger partial charge is 0.383 e. The van der Waals surface area contributed by atoms with E-state index in [4.69, 9.17) is 4.74 Å². The highest BCUT2D eigenvalue weighted by Gasteiger charge is 2.42. The van der Waals surface area contributed by atoms with Crippen LogP contribution in [0.5, 0.6) is 0 Å². The molecule has 0 radical (unpaired) electrons. The first-order chi connectivity index (χ1) is 12.2. The number of rotatable bonds is 7. The predicted molar refractivity (Wildman–Crippen MR) is 93.8 cm³/mol. The van der Waals surface area contributed by atoms with Crippen LogP contribution in [0.4, 0.5) is 0 Å². The Hall–Kier alpha value is -2.25. The van der Waals surface area contributed by atoms with E-state index in [1.807, 2.05) is 35.2 Å². The van der Waals surface area contributed by atoms with Crippen molar-refractivity contribution >= 4 is 5.91 Å². The number of pyridine rings is 1. The zero-order chi connectivity index (χ0) is 17.5. The number of ether oxygens (including phenoxy) is 1. The number of likely N-dealkylation sites (tertiary alicyclic amines) is 1. The molecule has 3 rings (SSSR count). The predicted octanol–water partition coefficient (Wildman–Crippen LogP) is 1.03. The van der Waals surface area contributed by atoms with Crippen molar-refractivity contribution in [2.45, 2.75) is 24.9 Å². The molecule has 25 heavy (non-hydrogen) atoms. The summed E-state index contributed by atoms with van der Waals surface area (Å²) < 4.78 is 6.99. The first kappa shape index (κ1) is 17.6. The fraction of sp³-hybridized carbons (Fsp3) is 0.500. The number of nitrogens with zero attached hydrogens (tertiary/aromatic N) is 4. The molecule has 7 nitrogen and oxygen atoms in total. The Balaban J connectivity index is 1.67. The third-order valence-electron chi connectivity index (χ3n) is 4.81. The van der Waals surface area contributed by atoms with E-state index in [-0.39, 0.29) is 5.91 Å². The normalized spacial score (nSPS) is 17.3. The molecule has 0 aromatic carbocycles. The van der Waals surface area contributed by atoms with Crippen molar-refractivity contribution in [1.82, 2.24) is 24.8 Å². The number of carbonyl (C=O) groups is 1. The molecule has 1 amide bonds. The summed E-state index contributed by atoms with van der Waals surface area (Å²) in [6.45, 7) is 3.52. The number of hydrogen-bond acceptors (Lipinski definition) is 5. The molecule has 7 heteroatoms. The first-order valence-electron chi connectivity index (χ1n) is 8.62. The highest BCUT2D eigenvalue weighted by Crippen LogP contribution is 2.31. The summed E-state index contributed by atoms with van der Waals surface area (Å²) in [5.41, 5.74) is 0.479. The zero-order valence-corrected chi connectivity index (χ0v) is 14.6. The lowest BCUT2D eigenvalue weighted by atomic mass is 9.86. The second kappa shape index (κ2) is 8.22. The monoisotopic (exact) mass is 343 g/mol. The van der Waals surface area contributed by atoms with E-state index in [0.717, 1.165) is 38.2 Å². The van der Waals surface area contributed by atoms with Gasteiger partial charge in [-0.15, -0.1) is 0 Å². The van der Waals surface area contributed by atoms with Crippen LogP contribution in [0.1, 0.15) is 18.5 Å². The minimum Gasteiger partial charge on any atom is -0.383 e. The van der Waals surface area contributed by atoms with Crippen molar-refractivity contribution in [2.24, 2.45) is 0 Å². The van der Waals surface area contributed by atoms with Crippen LogP contribution in [0.15, 0.2) is 43.1 Å². The van der Waals surface area contributed by atoms with Gasteiger partial charge < -0.3 is 14.6 Å². The molecule has 1 N–H and O–H groups in total. The summed E-state index contributed by atoms with van der Waals surface area (Å²) in [6, 6.07) is 5.97. The lowest BCUT2D eigenvalue weighted by Crippen LogP contribution is -2.55. The molecule has 0 atom stereocenters. The van der Waals surface area contributed by atoms with Crippen LogP contribution < -0.4 is 5.32 Å². The molecule has 0 spiro atoms. The Morgan fingerprint density at radius 3 is 2.80 bits per heavy atom. The van der Waals surface area contributed by atoms with Crippen LogP contribution in [0.25, 0.3) is 0 Å². The SMILES string of the molecule is COCCNC(=O)C1(n2ccnc2)CCN(Cc2ccccn2)CC1. The zero-order valence-electron chi connectivity index (χ0n) is 14.6. The molecule has 0 bridgehead atoms. The maximum atomic E-state index is 12.9. The molecular formula is C18H25N5O2. The van der Waals surface area contributed by atoms with Crippen molar-refractivity contribution in [1.29, 1.82) is 0 Å². The van der Waals surface area contributed by atoms with Crippen LogP contribution >= 0.6 is 0 Å². The quantitative estimate of drug-likeness (QED) is 0.761. The summed E-state index contributed by atoms with van der Waals surface area (Å²) in [5.74, 6) is 0.0417. The van der Waals surface area contributed by atoms with E-state index >= 15 is 0 Å². The molecular weight excluding hydrogens is 318 g/mol. The Kier molecular flexibility index (Phi) is 5.78. The van der Waals surface area contributed by atoms with E-state index in [1.165, 1.54) is 0 Å². The van der Waals surface area contributed by atoms with Gasteiger partial charge in [0.1, 0.15) is 5.54 Å². The van der Waals surface area contributed by atoms with E-state index in [2.05, 4.69) is 20.2 Å². The number of hydrogen-bond donors (Lipinski definition) is 1. The molecule has 2 aromatic heterocycles. The Morgan fingerprint density at radius 2 is 2.16 bits per heavy atom. The van der Waals surface area contributed by atoms with Crippen molar-refractivity contribution in [3.63, 3.8) is 0 Å². The van der Waals surface area contributed by atoms with Gasteiger partial charge in [0.05, 0.1) is 18.6 Å². The van der Waals surface area contributed by atoms with E-state index in [9.17, 15) is 4.79 Å². The van der Waals surface area contributed by atoms with Crippen molar-refractivity contribution < 1.29 is 9.53 Å². The summed E-state index contributed by atoms with van der Waals surface area (Å²) in [4.78, 5) is 23.8. The van der Waals surface area contributed by atoms with Gasteiger partial charge in [0.2, 0.25) is 5.91 Å². The second-order valence-electron chi connectivity index (χ2n) is 6.35. The van der Waals surface area contributed by atoms with Gasteiger partial charge in [-0.3, -0.25) is 14.7 Å². The highest BCUT2D eigenvalue weighted by atomic mass is 16.5. The summed E-state index contributed by atoms with van der Waals surface area (Å²) in [7, 11) is 1.63. The fourth-order valence-electron chi connectivity index (χ4n) is 3.35. The fourth-order valence-corrected chi connectivity index (χ4v) is 3.35. The number of piperidine rings is 1. The summed E-state index contributed by atoms with van der Waals surface area (Å²) >= 11 is 0. The number of imidazole rings is 1. The van der Waals surface area contributed by atoms with Crippen LogP contribution in [-0.4, -0.2) is 58.7 Å². The number of nitrogens with one attached hydrogen (secondary N) is 1. The van der Waals surface area contributed by atoms with E-state index in [1.54, 1.807) is 19.6 Å². The van der Waals surface area contributed by atoms with E-state index < -0.39 is 5.54 Å². The van der Waals surface area contributed by atoms with Crippen molar-refractivity contribution in [3.8, 4) is 0 Å². The Bertz CT molecular complexity index is 651. The number of aromatic nitrogens is 3. The number of methoxy groups -OCH3 is 1. The number of amides is 1. The average Bonchev–Trinajstić information content (AvgIpc) is 3.19. The lowest BCUT2D eigenvalue weighted by Gasteiger charge is -2.41. The maximum Gasteiger partial charge on any atom is 0.246 e. The Morgan fingerprint density at radius 1 is 1.32 bits per heavy atom. The van der Waals surface area contributed by atoms with Crippen molar-refractivity contribution in [3.05, 3.63) is 48.8 Å². The average molecular weight is 343 g/mol. The number of carbonyl (C=O) groups excluding carboxylic acids is 1. The van der Waals surface area contributed by atoms with Crippen LogP contribution in [0, 0.1) is 0 Å². The van der Waals surface area contributed by atoms with Gasteiger partial charge in [-0.2, -0.15) is 0 Å². The van der Waals surface area contributed by atoms with Crippen LogP contribution in [-0.2, 0) is 21.6 Å². The highest BCUT2D eigenvalue weighted by molar-refractivity contribution is 5.84. The second-order valence-corrected chi connectivity index (χ2v) is 6.35. The standard InChI is InChI=1S/C18H25N5O2/c1-25-13-9-21-17(24)18(23-12-8-19-15-23)5-10-22(11-6-18)14-16-4-2-3-7-20-16/h2-4,7-8,12,15H,5-6,9-11,13-14H2,1H3,(H,21,24). The summed E-state index contributed by atoms with van der Waals surface area (Å²) in [5, 5.41) is 3.00.